The summed E-state index contributed by atoms with van der Waals surface area (Å²) in [7, 11) is -3.65. The summed E-state index contributed by atoms with van der Waals surface area (Å²) in [5.41, 5.74) is 3.39. The molecule has 0 atom stereocenters. The van der Waals surface area contributed by atoms with Gasteiger partial charge >= 0.3 is 6.03 Å². The van der Waals surface area contributed by atoms with Crippen LogP contribution >= 0.6 is 0 Å². The summed E-state index contributed by atoms with van der Waals surface area (Å²) >= 11 is 0. The molecule has 1 heterocycles. The van der Waals surface area contributed by atoms with E-state index in [4.69, 9.17) is 0 Å². The van der Waals surface area contributed by atoms with Gasteiger partial charge in [-0.25, -0.2) is 17.5 Å². The van der Waals surface area contributed by atoms with Gasteiger partial charge in [-0.05, 0) is 42.7 Å². The van der Waals surface area contributed by atoms with E-state index in [2.05, 4.69) is 0 Å². The lowest BCUT2D eigenvalue weighted by atomic mass is 10.1. The van der Waals surface area contributed by atoms with Crippen LogP contribution in [-0.2, 0) is 16.6 Å². The number of hydrogen-bond donors (Lipinski definition) is 0. The van der Waals surface area contributed by atoms with E-state index in [1.54, 1.807) is 0 Å². The van der Waals surface area contributed by atoms with Gasteiger partial charge in [-0.2, -0.15) is 0 Å². The highest BCUT2D eigenvalue weighted by Gasteiger charge is 2.42. The fourth-order valence-corrected chi connectivity index (χ4v) is 4.16. The third kappa shape index (κ3) is 3.07. The van der Waals surface area contributed by atoms with E-state index in [0.29, 0.717) is 5.69 Å². The monoisotopic (exact) mass is 330 g/mol. The second kappa shape index (κ2) is 5.70. The van der Waals surface area contributed by atoms with E-state index in [-0.39, 0.29) is 12.4 Å². The van der Waals surface area contributed by atoms with Gasteiger partial charge in [0.25, 0.3) is 10.0 Å². The van der Waals surface area contributed by atoms with E-state index in [1.807, 2.05) is 62.4 Å². The molecule has 23 heavy (non-hydrogen) atoms. The molecule has 5 nitrogen and oxygen atoms in total. The third-order valence-electron chi connectivity index (χ3n) is 3.76. The van der Waals surface area contributed by atoms with Crippen LogP contribution in [0.2, 0.25) is 0 Å². The third-order valence-corrected chi connectivity index (χ3v) is 5.30. The second-order valence-electron chi connectivity index (χ2n) is 5.79. The maximum Gasteiger partial charge on any atom is 0.339 e. The molecular weight excluding hydrogens is 312 g/mol. The van der Waals surface area contributed by atoms with Crippen LogP contribution in [0.4, 0.5) is 10.5 Å². The fourth-order valence-electron chi connectivity index (χ4n) is 2.75. The van der Waals surface area contributed by atoms with Crippen LogP contribution in [0.1, 0.15) is 16.7 Å². The van der Waals surface area contributed by atoms with Crippen molar-refractivity contribution in [3.8, 4) is 0 Å². The molecule has 0 N–H and O–H groups in total. The number of hydrogen-bond acceptors (Lipinski definition) is 3. The summed E-state index contributed by atoms with van der Waals surface area (Å²) in [6, 6.07) is 14.3. The summed E-state index contributed by atoms with van der Waals surface area (Å²) in [6.45, 7) is 3.91. The first-order valence-corrected chi connectivity index (χ1v) is 8.92. The lowest BCUT2D eigenvalue weighted by Crippen LogP contribution is -2.32. The van der Waals surface area contributed by atoms with Crippen molar-refractivity contribution in [1.29, 1.82) is 0 Å². The normalized spacial score (nSPS) is 16.9. The van der Waals surface area contributed by atoms with E-state index in [0.717, 1.165) is 21.0 Å². The van der Waals surface area contributed by atoms with Gasteiger partial charge in [0.1, 0.15) is 5.88 Å². The fraction of sp³-hybridized carbons (Fsp3) is 0.235. The highest BCUT2D eigenvalue weighted by molar-refractivity contribution is 7.90. The predicted octanol–water partition coefficient (Wildman–Crippen LogP) is 3.03. The minimum atomic E-state index is -3.65. The largest absolute Gasteiger partial charge is 0.339 e. The van der Waals surface area contributed by atoms with Crippen molar-refractivity contribution in [2.24, 2.45) is 0 Å². The van der Waals surface area contributed by atoms with E-state index < -0.39 is 16.1 Å². The van der Waals surface area contributed by atoms with Crippen LogP contribution in [0, 0.1) is 13.8 Å². The Morgan fingerprint density at radius 3 is 2.22 bits per heavy atom. The molecule has 0 spiro atoms. The van der Waals surface area contributed by atoms with Crippen molar-refractivity contribution in [2.75, 3.05) is 10.8 Å². The number of aryl methyl sites for hydroxylation is 2. The SMILES string of the molecule is Cc1cc(C)cc(N2CS(=O)(=O)N(Cc3ccccc3)C2=O)c1. The van der Waals surface area contributed by atoms with Crippen LogP contribution < -0.4 is 4.90 Å². The number of carbonyl (C=O) groups is 1. The van der Waals surface area contributed by atoms with Gasteiger partial charge in [-0.3, -0.25) is 4.90 Å². The minimum Gasteiger partial charge on any atom is -0.277 e. The van der Waals surface area contributed by atoms with Gasteiger partial charge in [0.2, 0.25) is 0 Å². The van der Waals surface area contributed by atoms with Gasteiger partial charge < -0.3 is 0 Å². The lowest BCUT2D eigenvalue weighted by molar-refractivity contribution is 0.233. The molecule has 3 rings (SSSR count). The lowest BCUT2D eigenvalue weighted by Gasteiger charge is -2.17. The van der Waals surface area contributed by atoms with Crippen LogP contribution in [0.5, 0.6) is 0 Å². The number of benzene rings is 2. The van der Waals surface area contributed by atoms with Crippen LogP contribution in [0.15, 0.2) is 48.5 Å². The standard InChI is InChI=1S/C17H18N2O3S/c1-13-8-14(2)10-16(9-13)18-12-23(21,22)19(17(18)20)11-15-6-4-3-5-7-15/h3-10H,11-12H2,1-2H3. The molecule has 6 heteroatoms. The Hall–Kier alpha value is -2.34. The Morgan fingerprint density at radius 2 is 1.61 bits per heavy atom. The van der Waals surface area contributed by atoms with Crippen molar-refractivity contribution in [3.63, 3.8) is 0 Å². The zero-order valence-corrected chi connectivity index (χ0v) is 13.9. The maximum absolute atomic E-state index is 12.6. The molecule has 1 aliphatic heterocycles. The summed E-state index contributed by atoms with van der Waals surface area (Å²) < 4.78 is 25.7. The number of anilines is 1. The number of carbonyl (C=O) groups excluding carboxylic acids is 1. The molecule has 1 aliphatic rings. The number of rotatable bonds is 3. The average molecular weight is 330 g/mol. The van der Waals surface area contributed by atoms with Crippen LogP contribution in [-0.4, -0.2) is 24.6 Å². The Morgan fingerprint density at radius 1 is 1.00 bits per heavy atom. The van der Waals surface area contributed by atoms with Gasteiger partial charge in [0.05, 0.1) is 6.54 Å². The molecule has 2 aromatic rings. The summed E-state index contributed by atoms with van der Waals surface area (Å²) in [5, 5.41) is 0. The Bertz CT molecular complexity index is 827. The molecular formula is C17H18N2O3S. The quantitative estimate of drug-likeness (QED) is 0.869. The molecule has 2 aromatic carbocycles. The Labute approximate surface area is 136 Å². The minimum absolute atomic E-state index is 0.0588. The summed E-state index contributed by atoms with van der Waals surface area (Å²) in [4.78, 5) is 13.9. The molecule has 0 unspecified atom stereocenters. The molecule has 120 valence electrons. The topological polar surface area (TPSA) is 57.7 Å². The molecule has 0 saturated carbocycles. The van der Waals surface area contributed by atoms with Gasteiger partial charge in [0, 0.05) is 5.69 Å². The Kier molecular flexibility index (Phi) is 3.85. The van der Waals surface area contributed by atoms with Crippen LogP contribution in [0.3, 0.4) is 0 Å². The van der Waals surface area contributed by atoms with Crippen molar-refractivity contribution < 1.29 is 13.2 Å². The van der Waals surface area contributed by atoms with E-state index in [1.165, 1.54) is 4.90 Å². The van der Waals surface area contributed by atoms with Gasteiger partial charge in [0.15, 0.2) is 0 Å². The molecule has 0 radical (unpaired) electrons. The maximum atomic E-state index is 12.6. The number of amides is 2. The second-order valence-corrected chi connectivity index (χ2v) is 7.65. The van der Waals surface area contributed by atoms with Crippen molar-refractivity contribution in [2.45, 2.75) is 20.4 Å². The van der Waals surface area contributed by atoms with E-state index >= 15 is 0 Å². The summed E-state index contributed by atoms with van der Waals surface area (Å²) in [5.74, 6) is -0.318. The zero-order valence-electron chi connectivity index (χ0n) is 13.1. The zero-order chi connectivity index (χ0) is 16.6. The molecule has 1 saturated heterocycles. The smallest absolute Gasteiger partial charge is 0.277 e. The number of urea groups is 1. The highest BCUT2D eigenvalue weighted by Crippen LogP contribution is 2.28. The van der Waals surface area contributed by atoms with Crippen molar-refractivity contribution in [1.82, 2.24) is 4.31 Å². The molecule has 0 aromatic heterocycles. The molecule has 0 bridgehead atoms. The average Bonchev–Trinajstić information content (AvgIpc) is 2.71. The van der Waals surface area contributed by atoms with Crippen LogP contribution in [0.25, 0.3) is 0 Å². The number of sulfonamides is 1. The van der Waals surface area contributed by atoms with Crippen molar-refractivity contribution >= 4 is 21.7 Å². The first kappa shape index (κ1) is 15.6. The first-order chi connectivity index (χ1) is 10.9. The van der Waals surface area contributed by atoms with Gasteiger partial charge in [-0.1, -0.05) is 36.4 Å². The molecule has 1 fully saturated rings. The van der Waals surface area contributed by atoms with Gasteiger partial charge in [-0.15, -0.1) is 0 Å². The molecule has 0 aliphatic carbocycles. The molecule has 2 amide bonds. The van der Waals surface area contributed by atoms with Crippen molar-refractivity contribution in [3.05, 3.63) is 65.2 Å². The Balaban J connectivity index is 1.93. The predicted molar refractivity (Wildman–Crippen MR) is 89.6 cm³/mol. The first-order valence-electron chi connectivity index (χ1n) is 7.31. The summed E-state index contributed by atoms with van der Waals surface area (Å²) in [6.07, 6.45) is 0. The number of nitrogens with zero attached hydrogens (tertiary/aromatic N) is 2. The highest BCUT2D eigenvalue weighted by atomic mass is 32.2. The van der Waals surface area contributed by atoms with E-state index in [9.17, 15) is 13.2 Å².